The van der Waals surface area contributed by atoms with Crippen LogP contribution >= 0.6 is 23.2 Å². The van der Waals surface area contributed by atoms with Gasteiger partial charge in [-0.15, -0.1) is 0 Å². The van der Waals surface area contributed by atoms with E-state index in [1.165, 1.54) is 0 Å². The van der Waals surface area contributed by atoms with E-state index in [1.54, 1.807) is 18.2 Å². The number of rotatable bonds is 3. The molecule has 4 heteroatoms. The minimum Gasteiger partial charge on any atom is -0.276 e. The molecule has 0 amide bonds. The number of anilines is 1. The van der Waals surface area contributed by atoms with Crippen LogP contribution in [0.3, 0.4) is 0 Å². The van der Waals surface area contributed by atoms with Gasteiger partial charge in [-0.1, -0.05) is 41.4 Å². The Kier molecular flexibility index (Phi) is 3.54. The van der Waals surface area contributed by atoms with E-state index in [2.05, 4.69) is 10.9 Å². The van der Waals surface area contributed by atoms with Gasteiger partial charge >= 0.3 is 0 Å². The van der Waals surface area contributed by atoms with Gasteiger partial charge in [-0.25, -0.2) is 0 Å². The summed E-state index contributed by atoms with van der Waals surface area (Å²) in [6.45, 7) is 0. The fourth-order valence-electron chi connectivity index (χ4n) is 1.22. The third-order valence-electron chi connectivity index (χ3n) is 1.99. The first kappa shape index (κ1) is 11.1. The molecule has 0 fully saturated rings. The zero-order valence-electron chi connectivity index (χ0n) is 8.32. The first-order valence-corrected chi connectivity index (χ1v) is 5.48. The van der Waals surface area contributed by atoms with E-state index in [-0.39, 0.29) is 0 Å². The predicted molar refractivity (Wildman–Crippen MR) is 68.3 cm³/mol. The first-order chi connectivity index (χ1) is 7.75. The highest BCUT2D eigenvalue weighted by Gasteiger charge is 1.99. The van der Waals surface area contributed by atoms with Crippen LogP contribution in [0.4, 0.5) is 11.4 Å². The average Bonchev–Trinajstić information content (AvgIpc) is 2.28. The van der Waals surface area contributed by atoms with Gasteiger partial charge in [0.05, 0.1) is 16.4 Å². The van der Waals surface area contributed by atoms with E-state index in [4.69, 9.17) is 23.2 Å². The largest absolute Gasteiger partial charge is 0.276 e. The van der Waals surface area contributed by atoms with Crippen LogP contribution < -0.4 is 10.9 Å². The molecule has 2 rings (SSSR count). The van der Waals surface area contributed by atoms with Crippen molar-refractivity contribution in [1.82, 2.24) is 5.43 Å². The maximum absolute atomic E-state index is 5.97. The molecule has 2 nitrogen and oxygen atoms in total. The molecule has 2 aromatic carbocycles. The second-order valence-electron chi connectivity index (χ2n) is 3.18. The van der Waals surface area contributed by atoms with E-state index in [9.17, 15) is 0 Å². The third kappa shape index (κ3) is 2.81. The summed E-state index contributed by atoms with van der Waals surface area (Å²) in [5, 5.41) is 1.29. The summed E-state index contributed by atoms with van der Waals surface area (Å²) in [6, 6.07) is 14.7. The summed E-state index contributed by atoms with van der Waals surface area (Å²) in [7, 11) is 0. The fourth-order valence-corrected chi connectivity index (χ4v) is 1.58. The molecule has 1 N–H and O–H groups in total. The molecule has 0 saturated heterocycles. The summed E-state index contributed by atoms with van der Waals surface area (Å²) in [5.74, 6) is 0. The van der Waals surface area contributed by atoms with Crippen LogP contribution in [-0.4, -0.2) is 0 Å². The lowest BCUT2D eigenvalue weighted by Gasteiger charge is -2.07. The van der Waals surface area contributed by atoms with Crippen molar-refractivity contribution in [2.24, 2.45) is 0 Å². The standard InChI is InChI=1S/C12H9Cl2N2/c13-9-4-3-5-10(8-9)15-16-12-7-2-1-6-11(12)14/h1-8,16H. The first-order valence-electron chi connectivity index (χ1n) is 4.72. The zero-order valence-corrected chi connectivity index (χ0v) is 9.83. The molecule has 0 saturated carbocycles. The van der Waals surface area contributed by atoms with Crippen molar-refractivity contribution in [3.63, 3.8) is 0 Å². The maximum Gasteiger partial charge on any atom is 0.0848 e. The van der Waals surface area contributed by atoms with E-state index in [1.807, 2.05) is 30.3 Å². The number of nitrogens with zero attached hydrogens (tertiary/aromatic N) is 1. The van der Waals surface area contributed by atoms with Gasteiger partial charge in [-0.05, 0) is 30.3 Å². The van der Waals surface area contributed by atoms with Crippen molar-refractivity contribution in [2.45, 2.75) is 0 Å². The second kappa shape index (κ2) is 5.10. The van der Waals surface area contributed by atoms with Gasteiger partial charge in [0.25, 0.3) is 0 Å². The van der Waals surface area contributed by atoms with E-state index in [0.29, 0.717) is 10.0 Å². The van der Waals surface area contributed by atoms with Crippen LogP contribution in [-0.2, 0) is 0 Å². The Morgan fingerprint density at radius 1 is 0.938 bits per heavy atom. The Bertz CT molecular complexity index is 486. The van der Waals surface area contributed by atoms with Crippen LogP contribution in [0.15, 0.2) is 48.5 Å². The van der Waals surface area contributed by atoms with Crippen LogP contribution in [0.1, 0.15) is 0 Å². The Balaban J connectivity index is 2.05. The van der Waals surface area contributed by atoms with Crippen molar-refractivity contribution in [2.75, 3.05) is 5.43 Å². The molecule has 0 spiro atoms. The number of hydrogen-bond acceptors (Lipinski definition) is 1. The molecule has 0 aromatic heterocycles. The quantitative estimate of drug-likeness (QED) is 0.811. The molecule has 16 heavy (non-hydrogen) atoms. The van der Waals surface area contributed by atoms with Crippen molar-refractivity contribution in [3.05, 3.63) is 58.6 Å². The van der Waals surface area contributed by atoms with Crippen LogP contribution in [0.25, 0.3) is 0 Å². The summed E-state index contributed by atoms with van der Waals surface area (Å²) < 4.78 is 0. The average molecular weight is 252 g/mol. The molecular weight excluding hydrogens is 243 g/mol. The summed E-state index contributed by atoms with van der Waals surface area (Å²) in [5.41, 5.74) is 8.59. The van der Waals surface area contributed by atoms with Gasteiger partial charge < -0.3 is 0 Å². The molecule has 0 aliphatic heterocycles. The normalized spacial score (nSPS) is 9.88. The lowest BCUT2D eigenvalue weighted by molar-refractivity contribution is 1.05. The van der Waals surface area contributed by atoms with Gasteiger partial charge in [0.1, 0.15) is 0 Å². The molecule has 2 aromatic rings. The number of para-hydroxylation sites is 1. The summed E-state index contributed by atoms with van der Waals surface area (Å²) >= 11 is 11.8. The molecular formula is C12H9Cl2N2. The van der Waals surface area contributed by atoms with Gasteiger partial charge in [-0.2, -0.15) is 5.43 Å². The predicted octanol–water partition coefficient (Wildman–Crippen LogP) is 4.26. The fraction of sp³-hybridized carbons (Fsp3) is 0. The minimum absolute atomic E-state index is 0.633. The van der Waals surface area contributed by atoms with Crippen molar-refractivity contribution in [1.29, 1.82) is 0 Å². The topological polar surface area (TPSA) is 26.1 Å². The summed E-state index contributed by atoms with van der Waals surface area (Å²) in [6.07, 6.45) is 0. The van der Waals surface area contributed by atoms with Crippen molar-refractivity contribution < 1.29 is 0 Å². The van der Waals surface area contributed by atoms with Crippen LogP contribution in [0.2, 0.25) is 10.0 Å². The van der Waals surface area contributed by atoms with Crippen molar-refractivity contribution >= 4 is 34.6 Å². The molecule has 1 radical (unpaired) electrons. The Morgan fingerprint density at radius 2 is 1.75 bits per heavy atom. The second-order valence-corrected chi connectivity index (χ2v) is 4.03. The molecule has 0 unspecified atom stereocenters. The van der Waals surface area contributed by atoms with Gasteiger partial charge in [0.2, 0.25) is 0 Å². The number of hydrogen-bond donors (Lipinski definition) is 1. The van der Waals surface area contributed by atoms with Gasteiger partial charge in [0, 0.05) is 5.02 Å². The highest BCUT2D eigenvalue weighted by atomic mass is 35.5. The van der Waals surface area contributed by atoms with Crippen LogP contribution in [0.5, 0.6) is 0 Å². The van der Waals surface area contributed by atoms with Crippen LogP contribution in [0, 0.1) is 0 Å². The van der Waals surface area contributed by atoms with E-state index >= 15 is 0 Å². The smallest absolute Gasteiger partial charge is 0.0848 e. The molecule has 0 heterocycles. The number of nitrogens with one attached hydrogen (secondary N) is 1. The van der Waals surface area contributed by atoms with Crippen molar-refractivity contribution in [3.8, 4) is 0 Å². The van der Waals surface area contributed by atoms with Gasteiger partial charge in [-0.3, -0.25) is 5.43 Å². The number of benzene rings is 2. The minimum atomic E-state index is 0.633. The molecule has 0 atom stereocenters. The molecule has 0 bridgehead atoms. The Hall–Kier alpha value is -1.38. The highest BCUT2D eigenvalue weighted by molar-refractivity contribution is 6.33. The highest BCUT2D eigenvalue weighted by Crippen LogP contribution is 2.21. The lowest BCUT2D eigenvalue weighted by atomic mass is 10.3. The van der Waals surface area contributed by atoms with Gasteiger partial charge in [0.15, 0.2) is 0 Å². The third-order valence-corrected chi connectivity index (χ3v) is 2.55. The Morgan fingerprint density at radius 3 is 2.50 bits per heavy atom. The molecule has 81 valence electrons. The summed E-state index contributed by atoms with van der Waals surface area (Å²) in [4.78, 5) is 0. The maximum atomic E-state index is 5.97. The Labute approximate surface area is 104 Å². The SMILES string of the molecule is Clc1cccc([N]Nc2ccccc2Cl)c1. The molecule has 0 aliphatic carbocycles. The zero-order chi connectivity index (χ0) is 11.4. The lowest BCUT2D eigenvalue weighted by Crippen LogP contribution is -2.07. The number of halogens is 2. The monoisotopic (exact) mass is 251 g/mol. The van der Waals surface area contributed by atoms with E-state index in [0.717, 1.165) is 11.4 Å². The van der Waals surface area contributed by atoms with E-state index < -0.39 is 0 Å². The molecule has 0 aliphatic rings.